The van der Waals surface area contributed by atoms with Gasteiger partial charge in [0.2, 0.25) is 0 Å². The minimum Gasteiger partial charge on any atom is -0.466 e. The van der Waals surface area contributed by atoms with Crippen molar-refractivity contribution in [2.24, 2.45) is 5.92 Å². The first-order valence-electron chi connectivity index (χ1n) is 5.36. The van der Waals surface area contributed by atoms with Crippen molar-refractivity contribution >= 4 is 12.4 Å². The van der Waals surface area contributed by atoms with Gasteiger partial charge in [-0.3, -0.25) is 9.59 Å². The van der Waals surface area contributed by atoms with E-state index in [1.54, 1.807) is 6.92 Å². The molecule has 0 aliphatic rings. The van der Waals surface area contributed by atoms with Gasteiger partial charge in [-0.2, -0.15) is 0 Å². The molecule has 1 atom stereocenters. The second kappa shape index (κ2) is 8.26. The lowest BCUT2D eigenvalue weighted by Crippen LogP contribution is -2.19. The maximum absolute atomic E-state index is 11.0. The molecule has 0 spiro atoms. The Balaban J connectivity index is 3.70. The van der Waals surface area contributed by atoms with Crippen LogP contribution < -0.4 is 0 Å². The van der Waals surface area contributed by atoms with Gasteiger partial charge in [-0.15, -0.1) is 0 Å². The van der Waals surface area contributed by atoms with Crippen LogP contribution in [-0.4, -0.2) is 25.2 Å². The van der Waals surface area contributed by atoms with Crippen LogP contribution in [0.15, 0.2) is 0 Å². The minimum atomic E-state index is -0.189. The van der Waals surface area contributed by atoms with Gasteiger partial charge < -0.3 is 9.47 Å². The Hall–Kier alpha value is -1.06. The Labute approximate surface area is 90.9 Å². The number of rotatable bonds is 8. The van der Waals surface area contributed by atoms with Crippen molar-refractivity contribution < 1.29 is 19.1 Å². The molecule has 0 aliphatic carbocycles. The van der Waals surface area contributed by atoms with Crippen molar-refractivity contribution in [2.45, 2.75) is 46.1 Å². The van der Waals surface area contributed by atoms with E-state index in [9.17, 15) is 9.59 Å². The van der Waals surface area contributed by atoms with E-state index in [-0.39, 0.29) is 18.0 Å². The van der Waals surface area contributed by atoms with Crippen LogP contribution in [0.3, 0.4) is 0 Å². The third-order valence-electron chi connectivity index (χ3n) is 2.15. The molecule has 4 heteroatoms. The molecule has 15 heavy (non-hydrogen) atoms. The molecule has 0 saturated heterocycles. The number of ether oxygens (including phenoxy) is 2. The molecule has 0 rings (SSSR count). The van der Waals surface area contributed by atoms with Gasteiger partial charge in [-0.25, -0.2) is 0 Å². The predicted molar refractivity (Wildman–Crippen MR) is 56.3 cm³/mol. The van der Waals surface area contributed by atoms with Crippen molar-refractivity contribution in [2.75, 3.05) is 6.61 Å². The SMILES string of the molecule is CCOC(=O)CCCC(OC=O)C(C)C. The van der Waals surface area contributed by atoms with Crippen LogP contribution in [-0.2, 0) is 19.1 Å². The summed E-state index contributed by atoms with van der Waals surface area (Å²) in [5.74, 6) is 0.0866. The fourth-order valence-electron chi connectivity index (χ4n) is 1.31. The Morgan fingerprint density at radius 3 is 2.53 bits per heavy atom. The van der Waals surface area contributed by atoms with Crippen LogP contribution in [0.25, 0.3) is 0 Å². The number of esters is 1. The summed E-state index contributed by atoms with van der Waals surface area (Å²) in [5, 5.41) is 0. The molecule has 0 heterocycles. The van der Waals surface area contributed by atoms with E-state index in [1.807, 2.05) is 13.8 Å². The number of carbonyl (C=O) groups excluding carboxylic acids is 2. The van der Waals surface area contributed by atoms with E-state index in [0.29, 0.717) is 32.3 Å². The first kappa shape index (κ1) is 13.9. The van der Waals surface area contributed by atoms with E-state index >= 15 is 0 Å². The summed E-state index contributed by atoms with van der Waals surface area (Å²) < 4.78 is 9.71. The average Bonchev–Trinajstić information content (AvgIpc) is 2.16. The molecular formula is C11H20O4. The van der Waals surface area contributed by atoms with Gasteiger partial charge in [0.05, 0.1) is 6.61 Å². The molecule has 0 aromatic heterocycles. The van der Waals surface area contributed by atoms with Gasteiger partial charge >= 0.3 is 5.97 Å². The number of hydrogen-bond donors (Lipinski definition) is 0. The van der Waals surface area contributed by atoms with Crippen LogP contribution in [0, 0.1) is 5.92 Å². The van der Waals surface area contributed by atoms with Gasteiger partial charge in [0.25, 0.3) is 6.47 Å². The summed E-state index contributed by atoms with van der Waals surface area (Å²) in [6, 6.07) is 0. The van der Waals surface area contributed by atoms with E-state index in [0.717, 1.165) is 0 Å². The van der Waals surface area contributed by atoms with Crippen molar-refractivity contribution in [1.29, 1.82) is 0 Å². The molecule has 0 N–H and O–H groups in total. The highest BCUT2D eigenvalue weighted by molar-refractivity contribution is 5.69. The summed E-state index contributed by atoms with van der Waals surface area (Å²) >= 11 is 0. The summed E-state index contributed by atoms with van der Waals surface area (Å²) in [4.78, 5) is 21.2. The highest BCUT2D eigenvalue weighted by Gasteiger charge is 2.14. The largest absolute Gasteiger partial charge is 0.466 e. The molecule has 88 valence electrons. The van der Waals surface area contributed by atoms with Gasteiger partial charge in [0, 0.05) is 6.42 Å². The Kier molecular flexibility index (Phi) is 7.68. The highest BCUT2D eigenvalue weighted by atomic mass is 16.5. The normalized spacial score (nSPS) is 12.3. The monoisotopic (exact) mass is 216 g/mol. The molecule has 0 saturated carbocycles. The zero-order chi connectivity index (χ0) is 11.7. The highest BCUT2D eigenvalue weighted by Crippen LogP contribution is 2.13. The van der Waals surface area contributed by atoms with Crippen LogP contribution >= 0.6 is 0 Å². The Bertz CT molecular complexity index is 189. The molecule has 0 aromatic carbocycles. The lowest BCUT2D eigenvalue weighted by Gasteiger charge is -2.18. The predicted octanol–water partition coefficient (Wildman–Crippen LogP) is 1.92. The Morgan fingerprint density at radius 1 is 1.40 bits per heavy atom. The molecule has 0 aromatic rings. The van der Waals surface area contributed by atoms with Crippen LogP contribution in [0.4, 0.5) is 0 Å². The smallest absolute Gasteiger partial charge is 0.305 e. The maximum atomic E-state index is 11.0. The van der Waals surface area contributed by atoms with Crippen molar-refractivity contribution in [3.63, 3.8) is 0 Å². The van der Waals surface area contributed by atoms with Crippen molar-refractivity contribution in [1.82, 2.24) is 0 Å². The topological polar surface area (TPSA) is 52.6 Å². The first-order chi connectivity index (χ1) is 7.11. The summed E-state index contributed by atoms with van der Waals surface area (Å²) in [7, 11) is 0. The third kappa shape index (κ3) is 6.94. The molecule has 0 radical (unpaired) electrons. The lowest BCUT2D eigenvalue weighted by atomic mass is 10.0. The molecule has 0 bridgehead atoms. The summed E-state index contributed by atoms with van der Waals surface area (Å²) in [6.45, 7) is 6.63. The molecular weight excluding hydrogens is 196 g/mol. The minimum absolute atomic E-state index is 0.100. The van der Waals surface area contributed by atoms with Gasteiger partial charge in [0.1, 0.15) is 6.10 Å². The quantitative estimate of drug-likeness (QED) is 0.459. The Morgan fingerprint density at radius 2 is 2.07 bits per heavy atom. The van der Waals surface area contributed by atoms with Gasteiger partial charge in [0.15, 0.2) is 0 Å². The third-order valence-corrected chi connectivity index (χ3v) is 2.15. The summed E-state index contributed by atoms with van der Waals surface area (Å²) in [5.41, 5.74) is 0. The molecule has 4 nitrogen and oxygen atoms in total. The van der Waals surface area contributed by atoms with Crippen LogP contribution in [0.2, 0.25) is 0 Å². The fourth-order valence-corrected chi connectivity index (χ4v) is 1.31. The van der Waals surface area contributed by atoms with E-state index < -0.39 is 0 Å². The number of carbonyl (C=O) groups is 2. The van der Waals surface area contributed by atoms with Crippen LogP contribution in [0.1, 0.15) is 40.0 Å². The maximum Gasteiger partial charge on any atom is 0.305 e. The van der Waals surface area contributed by atoms with E-state index in [2.05, 4.69) is 0 Å². The van der Waals surface area contributed by atoms with Gasteiger partial charge in [-0.1, -0.05) is 13.8 Å². The van der Waals surface area contributed by atoms with Crippen molar-refractivity contribution in [3.8, 4) is 0 Å². The van der Waals surface area contributed by atoms with Crippen LogP contribution in [0.5, 0.6) is 0 Å². The fraction of sp³-hybridized carbons (Fsp3) is 0.818. The second-order valence-electron chi connectivity index (χ2n) is 3.71. The molecule has 1 unspecified atom stereocenters. The summed E-state index contributed by atoms with van der Waals surface area (Å²) in [6.07, 6.45) is 1.68. The van der Waals surface area contributed by atoms with Crippen molar-refractivity contribution in [3.05, 3.63) is 0 Å². The zero-order valence-corrected chi connectivity index (χ0v) is 9.69. The molecule has 0 amide bonds. The lowest BCUT2D eigenvalue weighted by molar-refractivity contribution is -0.143. The molecule has 0 aliphatic heterocycles. The average molecular weight is 216 g/mol. The van der Waals surface area contributed by atoms with E-state index in [4.69, 9.17) is 9.47 Å². The van der Waals surface area contributed by atoms with E-state index in [1.165, 1.54) is 0 Å². The second-order valence-corrected chi connectivity index (χ2v) is 3.71. The standard InChI is InChI=1S/C11H20O4/c1-4-14-11(13)7-5-6-10(9(2)3)15-8-12/h8-10H,4-7H2,1-3H3. The molecule has 0 fully saturated rings. The zero-order valence-electron chi connectivity index (χ0n) is 9.69. The first-order valence-corrected chi connectivity index (χ1v) is 5.36. The van der Waals surface area contributed by atoms with Gasteiger partial charge in [-0.05, 0) is 25.7 Å². The number of hydrogen-bond acceptors (Lipinski definition) is 4.